The first-order valence-corrected chi connectivity index (χ1v) is 22.3. The predicted molar refractivity (Wildman–Crippen MR) is 227 cm³/mol. The molecule has 13 nitrogen and oxygen atoms in total. The summed E-state index contributed by atoms with van der Waals surface area (Å²) < 4.78 is 24.1. The third-order valence-corrected chi connectivity index (χ3v) is 16.8. The van der Waals surface area contributed by atoms with E-state index in [1.165, 1.54) is 21.1 Å². The molecule has 2 aliphatic carbocycles. The van der Waals surface area contributed by atoms with Crippen molar-refractivity contribution in [1.29, 1.82) is 0 Å². The summed E-state index contributed by atoms with van der Waals surface area (Å²) in [7, 11) is 6.21. The first-order valence-electron chi connectivity index (χ1n) is 22.3. The smallest absolute Gasteiger partial charge is 0.344 e. The van der Waals surface area contributed by atoms with E-state index in [0.29, 0.717) is 56.6 Å². The minimum Gasteiger partial charge on any atom is -0.496 e. The number of hydrogen-bond acceptors (Lipinski definition) is 12. The second-order valence-corrected chi connectivity index (χ2v) is 19.3. The number of H-pyrrole nitrogens is 1. The van der Waals surface area contributed by atoms with E-state index in [9.17, 15) is 19.8 Å². The van der Waals surface area contributed by atoms with E-state index < -0.39 is 57.5 Å². The Morgan fingerprint density at radius 1 is 0.967 bits per heavy atom. The van der Waals surface area contributed by atoms with Gasteiger partial charge >= 0.3 is 17.9 Å². The third-order valence-electron chi connectivity index (χ3n) is 16.8. The SMILES string of the molecule is CC[C@]12C=CCN3CC[C@@]4(c5cc([C@@]6(C(=O)OC)C[C@@H]7CN(CCc8c6[nH]c6ccccc86)C[C@@]6(O)CCCC[C@H]76)c(OC)cc5N(C)[C@H]4[C@@](O)(C(=O)OC)[C@@H]1OC(C)=O)[C@@H]32. The molecule has 7 aliphatic rings. The fraction of sp³-hybridized carbons (Fsp3) is 0.604. The Labute approximate surface area is 357 Å². The number of methoxy groups -OCH3 is 3. The molecule has 2 bridgehead atoms. The largest absolute Gasteiger partial charge is 0.496 e. The lowest BCUT2D eigenvalue weighted by Gasteiger charge is -2.63. The van der Waals surface area contributed by atoms with Gasteiger partial charge in [-0.05, 0) is 80.2 Å². The molecule has 2 saturated carbocycles. The van der Waals surface area contributed by atoms with E-state index in [1.54, 1.807) is 7.11 Å². The van der Waals surface area contributed by atoms with Crippen molar-refractivity contribution < 1.29 is 43.5 Å². The number of fused-ring (bicyclic) bond motifs is 8. The number of carbonyl (C=O) groups is 3. The van der Waals surface area contributed by atoms with Crippen molar-refractivity contribution in [3.63, 3.8) is 0 Å². The van der Waals surface area contributed by atoms with Crippen LogP contribution < -0.4 is 9.64 Å². The maximum Gasteiger partial charge on any atom is 0.344 e. The van der Waals surface area contributed by atoms with Gasteiger partial charge < -0.3 is 39.0 Å². The molecule has 4 fully saturated rings. The molecule has 10 rings (SSSR count). The molecule has 0 radical (unpaired) electrons. The minimum atomic E-state index is -2.30. The number of rotatable bonds is 6. The first-order chi connectivity index (χ1) is 29.3. The molecule has 0 amide bonds. The number of piperidine rings is 1. The lowest BCUT2D eigenvalue weighted by molar-refractivity contribution is -0.228. The van der Waals surface area contributed by atoms with Gasteiger partial charge in [0.2, 0.25) is 5.60 Å². The van der Waals surface area contributed by atoms with Gasteiger partial charge in [-0.15, -0.1) is 0 Å². The molecule has 2 saturated heterocycles. The van der Waals surface area contributed by atoms with Crippen LogP contribution in [0.5, 0.6) is 5.75 Å². The Bertz CT molecular complexity index is 2350. The van der Waals surface area contributed by atoms with Crippen molar-refractivity contribution in [3.8, 4) is 5.75 Å². The number of nitrogens with one attached hydrogen (secondary N) is 1. The molecule has 61 heavy (non-hydrogen) atoms. The van der Waals surface area contributed by atoms with Crippen LogP contribution in [0.4, 0.5) is 5.69 Å². The molecule has 326 valence electrons. The molecule has 2 aromatic carbocycles. The normalized spacial score (nSPS) is 38.5. The maximum absolute atomic E-state index is 15.5. The number of ether oxygens (including phenoxy) is 4. The summed E-state index contributed by atoms with van der Waals surface area (Å²) in [6.45, 7) is 6.73. The van der Waals surface area contributed by atoms with E-state index in [0.717, 1.165) is 72.2 Å². The van der Waals surface area contributed by atoms with Crippen molar-refractivity contribution in [2.24, 2.45) is 17.3 Å². The molecule has 5 aliphatic heterocycles. The van der Waals surface area contributed by atoms with Crippen molar-refractivity contribution in [2.75, 3.05) is 66.0 Å². The van der Waals surface area contributed by atoms with Crippen LogP contribution >= 0.6 is 0 Å². The number of anilines is 1. The highest BCUT2D eigenvalue weighted by molar-refractivity contribution is 5.95. The lowest BCUT2D eigenvalue weighted by atomic mass is 9.47. The van der Waals surface area contributed by atoms with Crippen LogP contribution in [-0.2, 0) is 45.8 Å². The molecule has 1 aromatic heterocycles. The molecule has 11 atom stereocenters. The summed E-state index contributed by atoms with van der Waals surface area (Å²) in [5.74, 6) is -1.50. The summed E-state index contributed by atoms with van der Waals surface area (Å²) in [6, 6.07) is 11.1. The Kier molecular flexibility index (Phi) is 9.35. The predicted octanol–water partition coefficient (Wildman–Crippen LogP) is 4.38. The highest BCUT2D eigenvalue weighted by Crippen LogP contribution is 2.68. The Balaban J connectivity index is 1.28. The summed E-state index contributed by atoms with van der Waals surface area (Å²) in [5.41, 5.74) is -1.46. The molecule has 6 heterocycles. The van der Waals surface area contributed by atoms with Crippen LogP contribution in [0, 0.1) is 17.3 Å². The van der Waals surface area contributed by atoms with E-state index in [2.05, 4.69) is 45.1 Å². The third kappa shape index (κ3) is 5.17. The number of carbonyl (C=O) groups excluding carboxylic acids is 3. The standard InChI is InChI=1S/C48H60N4O9/c1-7-44-17-12-20-52-22-19-46(39(44)52)33-23-34(37(58-4)24-36(33)50(3)40(46)48(57,43(55)60-6)41(44)61-28(2)53)47(42(54)59-5)25-29-26-51(27-45(56)18-11-10-14-32(29)45)21-16-31-30-13-8-9-15-35(30)49-38(31)47/h8-9,12-13,15,17,23-24,29,32,39-41,49,56-57H,7,10-11,14,16,18-22,25-27H2,1-6H3/t29-,32-,39+,40-,41-,44-,45+,46-,47+,48+/m1/s1. The van der Waals surface area contributed by atoms with Crippen LogP contribution in [0.3, 0.4) is 0 Å². The zero-order chi connectivity index (χ0) is 42.9. The van der Waals surface area contributed by atoms with Crippen molar-refractivity contribution in [1.82, 2.24) is 14.8 Å². The number of likely N-dealkylation sites (N-methyl/N-ethyl adjacent to an activating group) is 1. The first kappa shape index (κ1) is 40.6. The number of hydrogen-bond donors (Lipinski definition) is 3. The second kappa shape index (κ2) is 14.0. The van der Waals surface area contributed by atoms with Gasteiger partial charge in [0.1, 0.15) is 11.2 Å². The second-order valence-electron chi connectivity index (χ2n) is 19.3. The van der Waals surface area contributed by atoms with Crippen LogP contribution in [0.2, 0.25) is 0 Å². The number of para-hydroxylation sites is 1. The van der Waals surface area contributed by atoms with Crippen molar-refractivity contribution >= 4 is 34.5 Å². The van der Waals surface area contributed by atoms with Crippen molar-refractivity contribution in [3.05, 3.63) is 70.9 Å². The highest BCUT2D eigenvalue weighted by Gasteiger charge is 2.80. The van der Waals surface area contributed by atoms with Crippen molar-refractivity contribution in [2.45, 2.75) is 105 Å². The quantitative estimate of drug-likeness (QED) is 0.184. The molecule has 3 aromatic rings. The molecule has 3 N–H and O–H groups in total. The van der Waals surface area contributed by atoms with Gasteiger partial charge in [-0.25, -0.2) is 4.79 Å². The van der Waals surface area contributed by atoms with Gasteiger partial charge in [-0.3, -0.25) is 19.4 Å². The van der Waals surface area contributed by atoms with Gasteiger partial charge in [0.15, 0.2) is 6.10 Å². The summed E-state index contributed by atoms with van der Waals surface area (Å²) in [6.07, 6.45) is 8.52. The summed E-state index contributed by atoms with van der Waals surface area (Å²) in [4.78, 5) is 53.6. The van der Waals surface area contributed by atoms with Crippen LogP contribution in [0.25, 0.3) is 10.9 Å². The fourth-order valence-electron chi connectivity index (χ4n) is 14.8. The molecule has 1 unspecified atom stereocenters. The number of aromatic nitrogens is 1. The number of benzene rings is 2. The molecule has 13 heteroatoms. The number of nitrogens with zero attached hydrogens (tertiary/aromatic N) is 3. The molecule has 1 spiro atoms. The zero-order valence-corrected chi connectivity index (χ0v) is 36.3. The number of aliphatic hydroxyl groups is 2. The van der Waals surface area contributed by atoms with E-state index >= 15 is 4.79 Å². The Morgan fingerprint density at radius 2 is 1.75 bits per heavy atom. The van der Waals surface area contributed by atoms with E-state index in [1.807, 2.05) is 37.1 Å². The van der Waals surface area contributed by atoms with Crippen LogP contribution in [0.1, 0.15) is 81.2 Å². The van der Waals surface area contributed by atoms with Gasteiger partial charge in [0, 0.05) is 90.9 Å². The van der Waals surface area contributed by atoms with E-state index in [-0.39, 0.29) is 17.9 Å². The Morgan fingerprint density at radius 3 is 2.49 bits per heavy atom. The van der Waals surface area contributed by atoms with Crippen LogP contribution in [0.15, 0.2) is 48.6 Å². The average molecular weight is 837 g/mol. The highest BCUT2D eigenvalue weighted by atomic mass is 16.6. The fourth-order valence-corrected chi connectivity index (χ4v) is 14.8. The monoisotopic (exact) mass is 836 g/mol. The average Bonchev–Trinajstić information content (AvgIpc) is 3.92. The number of esters is 3. The summed E-state index contributed by atoms with van der Waals surface area (Å²) >= 11 is 0. The van der Waals surface area contributed by atoms with Gasteiger partial charge in [0.25, 0.3) is 0 Å². The lowest BCUT2D eigenvalue weighted by Crippen LogP contribution is -2.81. The van der Waals surface area contributed by atoms with Gasteiger partial charge in [-0.2, -0.15) is 0 Å². The van der Waals surface area contributed by atoms with E-state index in [4.69, 9.17) is 18.9 Å². The summed E-state index contributed by atoms with van der Waals surface area (Å²) in [5, 5.41) is 26.9. The topological polar surface area (TPSA) is 154 Å². The maximum atomic E-state index is 15.5. The Hall–Kier alpha value is -4.43. The number of aromatic amines is 1. The van der Waals surface area contributed by atoms with Gasteiger partial charge in [0.05, 0.1) is 33.0 Å². The van der Waals surface area contributed by atoms with Crippen LogP contribution in [-0.4, -0.2) is 133 Å². The molecular weight excluding hydrogens is 777 g/mol. The zero-order valence-electron chi connectivity index (χ0n) is 36.3. The molecular formula is C48H60N4O9. The minimum absolute atomic E-state index is 0.0174. The van der Waals surface area contributed by atoms with Gasteiger partial charge in [-0.1, -0.05) is 50.1 Å².